The van der Waals surface area contributed by atoms with E-state index in [-0.39, 0.29) is 23.7 Å². The lowest BCUT2D eigenvalue weighted by Crippen LogP contribution is -2.51. The number of amides is 2. The first-order valence-corrected chi connectivity index (χ1v) is 10.1. The summed E-state index contributed by atoms with van der Waals surface area (Å²) in [5, 5.41) is 3.03. The molecule has 7 heteroatoms. The molecule has 0 bridgehead atoms. The lowest BCUT2D eigenvalue weighted by atomic mass is 9.80. The van der Waals surface area contributed by atoms with E-state index in [2.05, 4.69) is 34.0 Å². The number of anilines is 1. The van der Waals surface area contributed by atoms with Gasteiger partial charge in [0.15, 0.2) is 0 Å². The molecule has 2 amide bonds. The Morgan fingerprint density at radius 3 is 2.22 bits per heavy atom. The van der Waals surface area contributed by atoms with Gasteiger partial charge in [0.25, 0.3) is 0 Å². The van der Waals surface area contributed by atoms with Gasteiger partial charge in [-0.2, -0.15) is 0 Å². The zero-order valence-electron chi connectivity index (χ0n) is 16.4. The van der Waals surface area contributed by atoms with Gasteiger partial charge < -0.3 is 15.1 Å². The van der Waals surface area contributed by atoms with Crippen LogP contribution in [0.3, 0.4) is 0 Å². The Kier molecular flexibility index (Phi) is 6.63. The maximum atomic E-state index is 12.9. The van der Waals surface area contributed by atoms with Crippen molar-refractivity contribution in [3.8, 4) is 0 Å². The molecule has 7 nitrogen and oxygen atoms in total. The number of carbonyl (C=O) groups is 2. The summed E-state index contributed by atoms with van der Waals surface area (Å²) in [6.45, 7) is 7.88. The van der Waals surface area contributed by atoms with Crippen molar-refractivity contribution in [2.45, 2.75) is 39.5 Å². The molecule has 1 N–H and O–H groups in total. The Balaban J connectivity index is 1.43. The Labute approximate surface area is 161 Å². The summed E-state index contributed by atoms with van der Waals surface area (Å²) in [6.07, 6.45) is 6.77. The van der Waals surface area contributed by atoms with Crippen molar-refractivity contribution in [3.63, 3.8) is 0 Å². The van der Waals surface area contributed by atoms with Gasteiger partial charge in [0.05, 0.1) is 0 Å². The first kappa shape index (κ1) is 19.6. The van der Waals surface area contributed by atoms with E-state index in [1.54, 1.807) is 12.4 Å². The highest BCUT2D eigenvalue weighted by molar-refractivity contribution is 5.81. The molecule has 27 heavy (non-hydrogen) atoms. The van der Waals surface area contributed by atoms with Crippen molar-refractivity contribution in [1.29, 1.82) is 0 Å². The van der Waals surface area contributed by atoms with E-state index in [1.807, 2.05) is 11.0 Å². The number of hydrogen-bond donors (Lipinski definition) is 1. The third-order valence-electron chi connectivity index (χ3n) is 5.56. The standard InChI is InChI=1S/C20H31N5O2/c1-15(2)14-23-18(26)16-4-6-17(7-5-16)19(27)24-10-12-25(13-11-24)20-21-8-3-9-22-20/h3,8-9,15-17H,4-7,10-14H2,1-2H3,(H,23,26). The van der Waals surface area contributed by atoms with Crippen LogP contribution in [0.25, 0.3) is 0 Å². The zero-order valence-corrected chi connectivity index (χ0v) is 16.4. The third kappa shape index (κ3) is 5.17. The lowest BCUT2D eigenvalue weighted by molar-refractivity contribution is -0.138. The lowest BCUT2D eigenvalue weighted by Gasteiger charge is -2.37. The minimum absolute atomic E-state index is 0.0682. The Morgan fingerprint density at radius 1 is 1.04 bits per heavy atom. The second kappa shape index (κ2) is 9.15. The molecule has 1 saturated heterocycles. The van der Waals surface area contributed by atoms with Gasteiger partial charge in [-0.15, -0.1) is 0 Å². The normalized spacial score (nSPS) is 23.4. The smallest absolute Gasteiger partial charge is 0.225 e. The fourth-order valence-corrected chi connectivity index (χ4v) is 3.89. The summed E-state index contributed by atoms with van der Waals surface area (Å²) in [6, 6.07) is 1.81. The molecule has 0 radical (unpaired) electrons. The summed E-state index contributed by atoms with van der Waals surface area (Å²) in [5.41, 5.74) is 0. The molecule has 148 valence electrons. The predicted octanol–water partition coefficient (Wildman–Crippen LogP) is 1.70. The molecule has 2 heterocycles. The maximum absolute atomic E-state index is 12.9. The van der Waals surface area contributed by atoms with Crippen LogP contribution in [0.5, 0.6) is 0 Å². The highest BCUT2D eigenvalue weighted by Crippen LogP contribution is 2.30. The van der Waals surface area contributed by atoms with E-state index in [0.717, 1.165) is 51.3 Å². The molecule has 2 fully saturated rings. The first-order valence-electron chi connectivity index (χ1n) is 10.1. The number of hydrogen-bond acceptors (Lipinski definition) is 5. The van der Waals surface area contributed by atoms with Gasteiger partial charge in [0.1, 0.15) is 0 Å². The van der Waals surface area contributed by atoms with Gasteiger partial charge in [-0.05, 0) is 37.7 Å². The highest BCUT2D eigenvalue weighted by atomic mass is 16.2. The highest BCUT2D eigenvalue weighted by Gasteiger charge is 2.33. The Bertz CT molecular complexity index is 621. The van der Waals surface area contributed by atoms with Gasteiger partial charge in [-0.25, -0.2) is 9.97 Å². The van der Waals surface area contributed by atoms with Gasteiger partial charge in [0.2, 0.25) is 17.8 Å². The number of carbonyl (C=O) groups excluding carboxylic acids is 2. The molecule has 2 aliphatic rings. The van der Waals surface area contributed by atoms with E-state index >= 15 is 0 Å². The maximum Gasteiger partial charge on any atom is 0.225 e. The second-order valence-corrected chi connectivity index (χ2v) is 8.05. The van der Waals surface area contributed by atoms with Crippen LogP contribution in [0.15, 0.2) is 18.5 Å². The molecule has 0 aromatic carbocycles. The van der Waals surface area contributed by atoms with E-state index < -0.39 is 0 Å². The van der Waals surface area contributed by atoms with Crippen LogP contribution in [0, 0.1) is 17.8 Å². The van der Waals surface area contributed by atoms with Crippen molar-refractivity contribution in [2.24, 2.45) is 17.8 Å². The third-order valence-corrected chi connectivity index (χ3v) is 5.56. The number of rotatable bonds is 5. The molecule has 1 saturated carbocycles. The molecule has 1 aliphatic carbocycles. The van der Waals surface area contributed by atoms with E-state index in [1.165, 1.54) is 0 Å². The van der Waals surface area contributed by atoms with Crippen LogP contribution in [0.1, 0.15) is 39.5 Å². The Hall–Kier alpha value is -2.18. The SMILES string of the molecule is CC(C)CNC(=O)C1CCC(C(=O)N2CCN(c3ncccn3)CC2)CC1. The molecule has 1 aliphatic heterocycles. The fraction of sp³-hybridized carbons (Fsp3) is 0.700. The van der Waals surface area contributed by atoms with Crippen LogP contribution < -0.4 is 10.2 Å². The van der Waals surface area contributed by atoms with Crippen molar-refractivity contribution in [1.82, 2.24) is 20.2 Å². The molecule has 0 atom stereocenters. The first-order chi connectivity index (χ1) is 13.0. The summed E-state index contributed by atoms with van der Waals surface area (Å²) in [7, 11) is 0. The summed E-state index contributed by atoms with van der Waals surface area (Å²) >= 11 is 0. The summed E-state index contributed by atoms with van der Waals surface area (Å²) < 4.78 is 0. The minimum Gasteiger partial charge on any atom is -0.356 e. The number of nitrogens with zero attached hydrogens (tertiary/aromatic N) is 4. The van der Waals surface area contributed by atoms with Crippen LogP contribution in [0.2, 0.25) is 0 Å². The van der Waals surface area contributed by atoms with Gasteiger partial charge in [-0.3, -0.25) is 9.59 Å². The van der Waals surface area contributed by atoms with E-state index in [9.17, 15) is 9.59 Å². The molecule has 0 unspecified atom stereocenters. The zero-order chi connectivity index (χ0) is 19.2. The molecular weight excluding hydrogens is 342 g/mol. The number of aromatic nitrogens is 2. The van der Waals surface area contributed by atoms with Crippen LogP contribution in [-0.4, -0.2) is 59.4 Å². The molecule has 3 rings (SSSR count). The molecule has 1 aromatic heterocycles. The van der Waals surface area contributed by atoms with Crippen molar-refractivity contribution in [3.05, 3.63) is 18.5 Å². The fourth-order valence-electron chi connectivity index (χ4n) is 3.89. The van der Waals surface area contributed by atoms with Crippen molar-refractivity contribution >= 4 is 17.8 Å². The molecular formula is C20H31N5O2. The average molecular weight is 374 g/mol. The van der Waals surface area contributed by atoms with Crippen LogP contribution >= 0.6 is 0 Å². The van der Waals surface area contributed by atoms with E-state index in [4.69, 9.17) is 0 Å². The van der Waals surface area contributed by atoms with E-state index in [0.29, 0.717) is 19.0 Å². The minimum atomic E-state index is 0.0682. The van der Waals surface area contributed by atoms with Gasteiger partial charge in [0, 0.05) is 57.0 Å². The second-order valence-electron chi connectivity index (χ2n) is 8.05. The summed E-state index contributed by atoms with van der Waals surface area (Å²) in [5.74, 6) is 1.75. The quantitative estimate of drug-likeness (QED) is 0.850. The summed E-state index contributed by atoms with van der Waals surface area (Å²) in [4.78, 5) is 37.8. The number of nitrogens with one attached hydrogen (secondary N) is 1. The number of piperazine rings is 1. The van der Waals surface area contributed by atoms with Gasteiger partial charge in [-0.1, -0.05) is 13.8 Å². The van der Waals surface area contributed by atoms with Crippen molar-refractivity contribution in [2.75, 3.05) is 37.6 Å². The largest absolute Gasteiger partial charge is 0.356 e. The topological polar surface area (TPSA) is 78.4 Å². The Morgan fingerprint density at radius 2 is 1.63 bits per heavy atom. The van der Waals surface area contributed by atoms with Crippen LogP contribution in [-0.2, 0) is 9.59 Å². The predicted molar refractivity (Wildman–Crippen MR) is 104 cm³/mol. The van der Waals surface area contributed by atoms with Gasteiger partial charge >= 0.3 is 0 Å². The average Bonchev–Trinajstić information content (AvgIpc) is 2.72. The molecule has 1 aromatic rings. The monoisotopic (exact) mass is 373 g/mol. The van der Waals surface area contributed by atoms with Crippen LogP contribution in [0.4, 0.5) is 5.95 Å². The molecule has 0 spiro atoms. The van der Waals surface area contributed by atoms with Crippen molar-refractivity contribution < 1.29 is 9.59 Å².